The van der Waals surface area contributed by atoms with Crippen molar-refractivity contribution in [2.24, 2.45) is 0 Å². The molecule has 20 heavy (non-hydrogen) atoms. The fourth-order valence-corrected chi connectivity index (χ4v) is 1.80. The Morgan fingerprint density at radius 3 is 2.60 bits per heavy atom. The molecule has 0 unspecified atom stereocenters. The van der Waals surface area contributed by atoms with Gasteiger partial charge in [0.15, 0.2) is 5.69 Å². The molecule has 0 aliphatic heterocycles. The predicted octanol–water partition coefficient (Wildman–Crippen LogP) is 4.22. The molecule has 0 N–H and O–H groups in total. The highest BCUT2D eigenvalue weighted by Gasteiger charge is 2.27. The summed E-state index contributed by atoms with van der Waals surface area (Å²) in [7, 11) is 0. The first-order chi connectivity index (χ1) is 9.52. The Hall–Kier alpha value is -1.76. The van der Waals surface area contributed by atoms with Gasteiger partial charge in [0.25, 0.3) is 6.43 Å². The number of alkyl halides is 2. The van der Waals surface area contributed by atoms with E-state index in [2.05, 4.69) is 25.7 Å². The molecule has 0 saturated heterocycles. The summed E-state index contributed by atoms with van der Waals surface area (Å²) < 4.78 is 36.4. The minimum Gasteiger partial charge on any atom is -0.460 e. The van der Waals surface area contributed by atoms with Crippen LogP contribution in [-0.4, -0.2) is 17.6 Å². The van der Waals surface area contributed by atoms with Gasteiger partial charge in [0, 0.05) is 10.0 Å². The minimum absolute atomic E-state index is 0.0455. The molecule has 0 atom stereocenters. The fourth-order valence-electron chi connectivity index (χ4n) is 1.54. The second-order valence-corrected chi connectivity index (χ2v) is 4.68. The van der Waals surface area contributed by atoms with Gasteiger partial charge in [-0.15, -0.1) is 0 Å². The summed E-state index contributed by atoms with van der Waals surface area (Å²) in [5.41, 5.74) is -0.216. The molecule has 0 radical (unpaired) electrons. The Morgan fingerprint density at radius 1 is 1.40 bits per heavy atom. The molecule has 4 nitrogen and oxygen atoms in total. The summed E-state index contributed by atoms with van der Waals surface area (Å²) in [6.45, 7) is 1.64. The third-order valence-electron chi connectivity index (χ3n) is 2.41. The van der Waals surface area contributed by atoms with Crippen molar-refractivity contribution in [1.82, 2.24) is 4.98 Å². The molecule has 0 aliphatic rings. The maximum atomic E-state index is 12.9. The third kappa shape index (κ3) is 3.04. The molecule has 0 spiro atoms. The molecule has 2 aromatic rings. The van der Waals surface area contributed by atoms with Gasteiger partial charge >= 0.3 is 5.97 Å². The Balaban J connectivity index is 2.43. The molecule has 0 bridgehead atoms. The maximum absolute atomic E-state index is 12.9. The lowest BCUT2D eigenvalue weighted by Crippen LogP contribution is -2.06. The highest BCUT2D eigenvalue weighted by atomic mass is 79.9. The number of hydrogen-bond donors (Lipinski definition) is 0. The van der Waals surface area contributed by atoms with Gasteiger partial charge in [0.2, 0.25) is 11.7 Å². The Bertz CT molecular complexity index is 611. The van der Waals surface area contributed by atoms with Gasteiger partial charge in [0.05, 0.1) is 6.61 Å². The normalized spacial score (nSPS) is 10.8. The summed E-state index contributed by atoms with van der Waals surface area (Å²) in [4.78, 5) is 15.3. The molecule has 1 heterocycles. The number of carbonyl (C=O) groups is 1. The van der Waals surface area contributed by atoms with Crippen LogP contribution in [0.5, 0.6) is 0 Å². The number of nitrogens with zero attached hydrogens (tertiary/aromatic N) is 1. The smallest absolute Gasteiger partial charge is 0.376 e. The molecule has 0 aliphatic carbocycles. The monoisotopic (exact) mass is 345 g/mol. The van der Waals surface area contributed by atoms with Crippen molar-refractivity contribution in [1.29, 1.82) is 0 Å². The third-order valence-corrected chi connectivity index (χ3v) is 2.94. The van der Waals surface area contributed by atoms with Crippen LogP contribution in [-0.2, 0) is 4.74 Å². The maximum Gasteiger partial charge on any atom is 0.376 e. The molecule has 0 amide bonds. The van der Waals surface area contributed by atoms with Crippen molar-refractivity contribution in [3.05, 3.63) is 40.2 Å². The number of oxazole rings is 1. The van der Waals surface area contributed by atoms with Crippen molar-refractivity contribution < 1.29 is 22.7 Å². The Labute approximate surface area is 121 Å². The van der Waals surface area contributed by atoms with Gasteiger partial charge in [-0.25, -0.2) is 18.6 Å². The average Bonchev–Trinajstić information content (AvgIpc) is 2.85. The van der Waals surface area contributed by atoms with E-state index in [-0.39, 0.29) is 12.5 Å². The van der Waals surface area contributed by atoms with Crippen molar-refractivity contribution in [3.63, 3.8) is 0 Å². The van der Waals surface area contributed by atoms with Crippen molar-refractivity contribution in [3.8, 4) is 11.5 Å². The first kappa shape index (κ1) is 14.6. The van der Waals surface area contributed by atoms with E-state index in [1.54, 1.807) is 31.2 Å². The zero-order valence-corrected chi connectivity index (χ0v) is 12.0. The highest BCUT2D eigenvalue weighted by molar-refractivity contribution is 9.10. The summed E-state index contributed by atoms with van der Waals surface area (Å²) in [6.07, 6.45) is -2.91. The second kappa shape index (κ2) is 6.13. The number of halogens is 3. The van der Waals surface area contributed by atoms with Crippen LogP contribution in [0.25, 0.3) is 11.5 Å². The fraction of sp³-hybridized carbons (Fsp3) is 0.231. The lowest BCUT2D eigenvalue weighted by atomic mass is 10.2. The zero-order valence-electron chi connectivity index (χ0n) is 10.4. The van der Waals surface area contributed by atoms with Crippen LogP contribution in [0.4, 0.5) is 8.78 Å². The summed E-state index contributed by atoms with van der Waals surface area (Å²) in [6, 6.07) is 6.71. The van der Waals surface area contributed by atoms with Gasteiger partial charge in [-0.3, -0.25) is 0 Å². The van der Waals surface area contributed by atoms with Gasteiger partial charge in [-0.1, -0.05) is 15.9 Å². The topological polar surface area (TPSA) is 52.3 Å². The number of benzene rings is 1. The van der Waals surface area contributed by atoms with Crippen LogP contribution in [0.3, 0.4) is 0 Å². The molecular formula is C13H10BrF2NO3. The lowest BCUT2D eigenvalue weighted by Gasteiger charge is -1.99. The summed E-state index contributed by atoms with van der Waals surface area (Å²) >= 11 is 3.26. The van der Waals surface area contributed by atoms with Crippen LogP contribution >= 0.6 is 15.9 Å². The number of hydrogen-bond acceptors (Lipinski definition) is 4. The van der Waals surface area contributed by atoms with E-state index in [1.807, 2.05) is 0 Å². The molecule has 1 aromatic carbocycles. The molecule has 7 heteroatoms. The quantitative estimate of drug-likeness (QED) is 0.778. The van der Waals surface area contributed by atoms with E-state index in [4.69, 9.17) is 4.42 Å². The first-order valence-corrected chi connectivity index (χ1v) is 6.54. The highest BCUT2D eigenvalue weighted by Crippen LogP contribution is 2.29. The van der Waals surface area contributed by atoms with Crippen LogP contribution in [0.1, 0.15) is 29.6 Å². The lowest BCUT2D eigenvalue weighted by molar-refractivity contribution is 0.0476. The summed E-state index contributed by atoms with van der Waals surface area (Å²) in [5, 5.41) is 0. The molecule has 0 saturated carbocycles. The number of ether oxygens (including phenoxy) is 1. The van der Waals surface area contributed by atoms with Crippen molar-refractivity contribution >= 4 is 21.9 Å². The standard InChI is InChI=1S/C13H10BrF2NO3/c1-2-19-13(18)10-9(11(15)16)17-12(20-10)7-3-5-8(14)6-4-7/h3-6,11H,2H2,1H3. The Morgan fingerprint density at radius 2 is 2.05 bits per heavy atom. The van der Waals surface area contributed by atoms with Crippen LogP contribution in [0.2, 0.25) is 0 Å². The SMILES string of the molecule is CCOC(=O)c1oc(-c2ccc(Br)cc2)nc1C(F)F. The Kier molecular flexibility index (Phi) is 4.49. The molecule has 2 rings (SSSR count). The predicted molar refractivity (Wildman–Crippen MR) is 70.6 cm³/mol. The van der Waals surface area contributed by atoms with Gasteiger partial charge in [0.1, 0.15) is 0 Å². The van der Waals surface area contributed by atoms with Gasteiger partial charge in [-0.2, -0.15) is 0 Å². The van der Waals surface area contributed by atoms with E-state index >= 15 is 0 Å². The van der Waals surface area contributed by atoms with E-state index in [9.17, 15) is 13.6 Å². The molecule has 106 valence electrons. The average molecular weight is 346 g/mol. The zero-order chi connectivity index (χ0) is 14.7. The number of rotatable bonds is 4. The van der Waals surface area contributed by atoms with E-state index in [0.29, 0.717) is 5.56 Å². The molecular weight excluding hydrogens is 336 g/mol. The molecule has 1 aromatic heterocycles. The largest absolute Gasteiger partial charge is 0.460 e. The van der Waals surface area contributed by atoms with E-state index in [0.717, 1.165) is 4.47 Å². The van der Waals surface area contributed by atoms with Crippen molar-refractivity contribution in [2.75, 3.05) is 6.61 Å². The number of esters is 1. The summed E-state index contributed by atoms with van der Waals surface area (Å²) in [5.74, 6) is -1.55. The van der Waals surface area contributed by atoms with Crippen LogP contribution < -0.4 is 0 Å². The minimum atomic E-state index is -2.91. The van der Waals surface area contributed by atoms with Gasteiger partial charge < -0.3 is 9.15 Å². The molecule has 0 fully saturated rings. The van der Waals surface area contributed by atoms with Crippen molar-refractivity contribution in [2.45, 2.75) is 13.3 Å². The van der Waals surface area contributed by atoms with E-state index < -0.39 is 23.8 Å². The second-order valence-electron chi connectivity index (χ2n) is 3.76. The number of carbonyl (C=O) groups excluding carboxylic acids is 1. The first-order valence-electron chi connectivity index (χ1n) is 5.74. The van der Waals surface area contributed by atoms with Gasteiger partial charge in [-0.05, 0) is 31.2 Å². The number of aromatic nitrogens is 1. The van der Waals surface area contributed by atoms with Crippen LogP contribution in [0.15, 0.2) is 33.2 Å². The van der Waals surface area contributed by atoms with E-state index in [1.165, 1.54) is 0 Å². The van der Waals surface area contributed by atoms with Crippen LogP contribution in [0, 0.1) is 0 Å².